The van der Waals surface area contributed by atoms with Crippen molar-refractivity contribution in [1.29, 1.82) is 0 Å². The van der Waals surface area contributed by atoms with Crippen molar-refractivity contribution in [2.75, 3.05) is 0 Å². The molecule has 0 fully saturated rings. The lowest BCUT2D eigenvalue weighted by atomic mass is 10.3. The Labute approximate surface area is 147 Å². The molecule has 0 aliphatic carbocycles. The number of rotatable bonds is 0. The summed E-state index contributed by atoms with van der Waals surface area (Å²) in [6.07, 6.45) is 3.00. The quantitative estimate of drug-likeness (QED) is 0.332. The number of thiol groups is 1. The zero-order valence-corrected chi connectivity index (χ0v) is 19.8. The fourth-order valence-corrected chi connectivity index (χ4v) is 0. The van der Waals surface area contributed by atoms with Gasteiger partial charge in [0.1, 0.15) is 0 Å². The van der Waals surface area contributed by atoms with E-state index in [9.17, 15) is 0 Å². The van der Waals surface area contributed by atoms with Gasteiger partial charge in [0.25, 0.3) is 0 Å². The smallest absolute Gasteiger partial charge is 0.00449 e. The van der Waals surface area contributed by atoms with Crippen LogP contribution in [0.5, 0.6) is 0 Å². The highest BCUT2D eigenvalue weighted by atomic mass is 32.1. The molecule has 0 aromatic heterocycles. The molecule has 0 amide bonds. The van der Waals surface area contributed by atoms with Crippen LogP contribution in [0.4, 0.5) is 0 Å². The maximum atomic E-state index is 4.12. The van der Waals surface area contributed by atoms with Gasteiger partial charge in [-0.25, -0.2) is 0 Å². The van der Waals surface area contributed by atoms with Crippen LogP contribution in [0.2, 0.25) is 0 Å². The Balaban J connectivity index is -0.0000000159. The van der Waals surface area contributed by atoms with Gasteiger partial charge in [-0.15, -0.1) is 6.58 Å². The molecular weight excluding hydrogens is 272 g/mol. The molecule has 0 saturated carbocycles. The van der Waals surface area contributed by atoms with Crippen LogP contribution in [0, 0.1) is 0 Å². The Morgan fingerprint density at radius 2 is 0.714 bits per heavy atom. The Kier molecular flexibility index (Phi) is 265. The van der Waals surface area contributed by atoms with Gasteiger partial charge in [0.2, 0.25) is 0 Å². The van der Waals surface area contributed by atoms with Crippen LogP contribution in [0.3, 0.4) is 0 Å². The van der Waals surface area contributed by atoms with Gasteiger partial charge in [-0.3, -0.25) is 0 Å². The Morgan fingerprint density at radius 3 is 0.714 bits per heavy atom. The molecule has 0 N–H and O–H groups in total. The van der Waals surface area contributed by atoms with E-state index in [1.54, 1.807) is 6.08 Å². The molecule has 1 heteroatoms. The van der Waals surface area contributed by atoms with E-state index in [1.165, 1.54) is 6.42 Å². The number of allylic oxidation sites excluding steroid dienone is 1. The van der Waals surface area contributed by atoms with Crippen molar-refractivity contribution in [3.63, 3.8) is 0 Å². The van der Waals surface area contributed by atoms with Crippen molar-refractivity contribution in [2.24, 2.45) is 0 Å². The highest BCUT2D eigenvalue weighted by Gasteiger charge is 1.96. The summed E-state index contributed by atoms with van der Waals surface area (Å²) >= 11 is 4.12. The molecule has 21 heavy (non-hydrogen) atoms. The second-order valence-corrected chi connectivity index (χ2v) is 4.63. The fourth-order valence-electron chi connectivity index (χ4n) is 0. The first-order valence-electron chi connectivity index (χ1n) is 9.12. The minimum absolute atomic E-state index is 0.194. The van der Waals surface area contributed by atoms with E-state index in [0.717, 1.165) is 0 Å². The van der Waals surface area contributed by atoms with Gasteiger partial charge in [0, 0.05) is 4.75 Å². The van der Waals surface area contributed by atoms with E-state index >= 15 is 0 Å². The van der Waals surface area contributed by atoms with Gasteiger partial charge in [0.05, 0.1) is 0 Å². The van der Waals surface area contributed by atoms with Crippen molar-refractivity contribution in [2.45, 2.75) is 122 Å². The predicted molar refractivity (Wildman–Crippen MR) is 117 cm³/mol. The van der Waals surface area contributed by atoms with Gasteiger partial charge < -0.3 is 0 Å². The van der Waals surface area contributed by atoms with Crippen LogP contribution in [0.15, 0.2) is 12.7 Å². The van der Waals surface area contributed by atoms with Crippen LogP contribution < -0.4 is 0 Å². The molecule has 0 spiro atoms. The van der Waals surface area contributed by atoms with Crippen LogP contribution in [0.25, 0.3) is 0 Å². The summed E-state index contributed by atoms with van der Waals surface area (Å²) in [6, 6.07) is 0. The second kappa shape index (κ2) is 112. The lowest BCUT2D eigenvalue weighted by molar-refractivity contribution is 0.812. The molecule has 0 nitrogen and oxygen atoms in total. The van der Waals surface area contributed by atoms with E-state index in [4.69, 9.17) is 0 Å². The molecule has 0 aromatic rings. The minimum Gasteiger partial charge on any atom is -0.173 e. The Bertz CT molecular complexity index is 54.7. The highest BCUT2D eigenvalue weighted by molar-refractivity contribution is 7.81. The molecule has 0 radical (unpaired) electrons. The molecule has 0 heterocycles. The lowest BCUT2D eigenvalue weighted by Gasteiger charge is -2.04. The summed E-state index contributed by atoms with van der Waals surface area (Å²) in [5, 5.41) is 0. The average molecular weight is 327 g/mol. The maximum absolute atomic E-state index is 4.12. The van der Waals surface area contributed by atoms with Crippen LogP contribution >= 0.6 is 12.6 Å². The summed E-state index contributed by atoms with van der Waals surface area (Å²) in [7, 11) is 0. The van der Waals surface area contributed by atoms with E-state index in [-0.39, 0.29) is 4.75 Å². The summed E-state index contributed by atoms with van der Waals surface area (Å²) in [6.45, 7) is 35.7. The Morgan fingerprint density at radius 1 is 0.714 bits per heavy atom. The summed E-state index contributed by atoms with van der Waals surface area (Å²) in [5.74, 6) is 0. The fraction of sp³-hybridized carbons (Fsp3) is 0.900. The number of hydrogen-bond acceptors (Lipinski definition) is 1. The third kappa shape index (κ3) is 812000. The molecular formula is C20H54S. The Hall–Kier alpha value is 0.0900. The van der Waals surface area contributed by atoms with E-state index in [0.29, 0.717) is 0 Å². The molecule has 0 aliphatic heterocycles. The average Bonchev–Trinajstić information content (AvgIpc) is 2.49. The molecule has 0 bridgehead atoms. The monoisotopic (exact) mass is 326 g/mol. The van der Waals surface area contributed by atoms with Gasteiger partial charge >= 0.3 is 0 Å². The van der Waals surface area contributed by atoms with E-state index in [1.807, 2.05) is 76.2 Å². The van der Waals surface area contributed by atoms with Crippen molar-refractivity contribution in [3.05, 3.63) is 12.7 Å². The first kappa shape index (κ1) is 49.7. The van der Waals surface area contributed by atoms with Gasteiger partial charge in [-0.2, -0.15) is 12.6 Å². The highest BCUT2D eigenvalue weighted by Crippen LogP contribution is 2.07. The van der Waals surface area contributed by atoms with Crippen molar-refractivity contribution >= 4 is 12.6 Å². The molecule has 0 rings (SSSR count). The largest absolute Gasteiger partial charge is 0.173 e. The van der Waals surface area contributed by atoms with Crippen LogP contribution in [-0.2, 0) is 0 Å². The molecule has 0 unspecified atom stereocenters. The van der Waals surface area contributed by atoms with Gasteiger partial charge in [0.15, 0.2) is 0 Å². The minimum atomic E-state index is 0.194. The third-order valence-electron chi connectivity index (χ3n) is 0. The molecule has 0 aromatic carbocycles. The molecule has 0 saturated heterocycles. The SMILES string of the molecule is C=CC.CC.CC.CC.CC.CC.CC(C)(C)S.CCC. The third-order valence-corrected chi connectivity index (χ3v) is 0. The second-order valence-electron chi connectivity index (χ2n) is 3.29. The van der Waals surface area contributed by atoms with E-state index < -0.39 is 0 Å². The van der Waals surface area contributed by atoms with Crippen LogP contribution in [-0.4, -0.2) is 4.75 Å². The summed E-state index contributed by atoms with van der Waals surface area (Å²) in [4.78, 5) is 0. The number of hydrogen-bond donors (Lipinski definition) is 1. The van der Waals surface area contributed by atoms with Crippen molar-refractivity contribution in [3.8, 4) is 0 Å². The van der Waals surface area contributed by atoms with Gasteiger partial charge in [-0.1, -0.05) is 116 Å². The molecule has 0 aliphatic rings. The van der Waals surface area contributed by atoms with Gasteiger partial charge in [-0.05, 0) is 6.92 Å². The first-order valence-corrected chi connectivity index (χ1v) is 9.57. The van der Waals surface area contributed by atoms with E-state index in [2.05, 4.69) is 53.8 Å². The normalized spacial score (nSPS) is 5.76. The zero-order chi connectivity index (χ0) is 19.9. The van der Waals surface area contributed by atoms with Crippen LogP contribution in [0.1, 0.15) is 117 Å². The summed E-state index contributed by atoms with van der Waals surface area (Å²) in [5.41, 5.74) is 0. The standard InChI is InChI=1S/C4H10S.C3H8.C3H6.5C2H6/c1-4(2,3)5;2*1-3-2;5*1-2/h5H,1-3H3;3H2,1-2H3;3H,1H2,2H3;5*1-2H3. The predicted octanol–water partition coefficient (Wildman–Crippen LogP) is 9.45. The van der Waals surface area contributed by atoms with Crippen molar-refractivity contribution < 1.29 is 0 Å². The topological polar surface area (TPSA) is 0 Å². The molecule has 140 valence electrons. The van der Waals surface area contributed by atoms with Crippen molar-refractivity contribution in [1.82, 2.24) is 0 Å². The zero-order valence-electron chi connectivity index (χ0n) is 18.9. The first-order chi connectivity index (χ1) is 9.83. The summed E-state index contributed by atoms with van der Waals surface area (Å²) < 4.78 is 0.194. The maximum Gasteiger partial charge on any atom is 0.00449 e. The molecule has 0 atom stereocenters. The lowest BCUT2D eigenvalue weighted by Crippen LogP contribution is -1.99.